The first kappa shape index (κ1) is 22.1. The van der Waals surface area contributed by atoms with Gasteiger partial charge in [0.1, 0.15) is 12.3 Å². The van der Waals surface area contributed by atoms with Crippen molar-refractivity contribution in [2.45, 2.75) is 63.6 Å². The highest BCUT2D eigenvalue weighted by molar-refractivity contribution is 6.53. The lowest BCUT2D eigenvalue weighted by atomic mass is 9.98. The largest absolute Gasteiger partial charge is 0.458 e. The molecule has 3 rings (SSSR count). The van der Waals surface area contributed by atoms with Gasteiger partial charge in [-0.25, -0.2) is 4.98 Å². The first-order valence-corrected chi connectivity index (χ1v) is 11.3. The zero-order valence-electron chi connectivity index (χ0n) is 17.6. The van der Waals surface area contributed by atoms with Gasteiger partial charge < -0.3 is 19.6 Å². The molecule has 0 spiro atoms. The molecule has 1 aliphatic heterocycles. The molecule has 2 aromatic heterocycles. The van der Waals surface area contributed by atoms with Gasteiger partial charge in [0.25, 0.3) is 0 Å². The van der Waals surface area contributed by atoms with Gasteiger partial charge >= 0.3 is 12.0 Å². The summed E-state index contributed by atoms with van der Waals surface area (Å²) in [6, 6.07) is 0. The van der Waals surface area contributed by atoms with Gasteiger partial charge in [-0.15, -0.1) is 6.42 Å². The third kappa shape index (κ3) is 4.16. The number of hydrogen-bond acceptors (Lipinski definition) is 8. The van der Waals surface area contributed by atoms with Crippen LogP contribution in [0.4, 0.5) is 10.2 Å². The van der Waals surface area contributed by atoms with Crippen LogP contribution in [0.5, 0.6) is 0 Å². The van der Waals surface area contributed by atoms with Gasteiger partial charge in [0, 0.05) is 13.3 Å². The molecule has 3 atom stereocenters. The molecule has 30 heavy (non-hydrogen) atoms. The number of nitrogens with zero attached hydrogens (tertiary/aromatic N) is 4. The number of hydrogen-bond donors (Lipinski definition) is 1. The zero-order valence-corrected chi connectivity index (χ0v) is 18.6. The number of imidazole rings is 1. The van der Waals surface area contributed by atoms with Crippen molar-refractivity contribution in [3.05, 3.63) is 12.4 Å². The van der Waals surface area contributed by atoms with Gasteiger partial charge in [0.2, 0.25) is 9.04 Å². The summed E-state index contributed by atoms with van der Waals surface area (Å²) in [6.45, 7) is 9.65. The van der Waals surface area contributed by atoms with E-state index >= 15 is 0 Å². The lowest BCUT2D eigenvalue weighted by Crippen LogP contribution is -2.46. The van der Waals surface area contributed by atoms with Gasteiger partial charge in [-0.2, -0.15) is 14.4 Å². The highest BCUT2D eigenvalue weighted by Gasteiger charge is 2.52. The van der Waals surface area contributed by atoms with Crippen LogP contribution in [0.25, 0.3) is 11.2 Å². The van der Waals surface area contributed by atoms with E-state index in [9.17, 15) is 9.18 Å². The molecule has 2 aromatic rings. The SMILES string of the molecule is C#C[C@]1(CO[Si](C)C(C)(C)C)O[C@@H](n2cnc3c(N)nc(F)nc32)C[C@H]1OC(C)=O. The van der Waals surface area contributed by atoms with Crippen molar-refractivity contribution in [3.8, 4) is 12.3 Å². The fourth-order valence-electron chi connectivity index (χ4n) is 3.10. The molecule has 9 nitrogen and oxygen atoms in total. The van der Waals surface area contributed by atoms with Gasteiger partial charge in [-0.3, -0.25) is 9.36 Å². The normalized spacial score (nSPS) is 24.3. The Morgan fingerprint density at radius 2 is 2.23 bits per heavy atom. The number of carbonyl (C=O) groups is 1. The van der Waals surface area contributed by atoms with E-state index in [1.165, 1.54) is 17.8 Å². The summed E-state index contributed by atoms with van der Waals surface area (Å²) in [5.74, 6) is 2.06. The average molecular weight is 435 g/mol. The average Bonchev–Trinajstić information content (AvgIpc) is 3.20. The molecule has 3 heterocycles. The molecule has 0 aliphatic carbocycles. The molecule has 1 aliphatic rings. The summed E-state index contributed by atoms with van der Waals surface area (Å²) in [4.78, 5) is 23.1. The molecule has 2 N–H and O–H groups in total. The Morgan fingerprint density at radius 3 is 2.83 bits per heavy atom. The molecule has 0 saturated carbocycles. The van der Waals surface area contributed by atoms with Crippen molar-refractivity contribution in [2.24, 2.45) is 0 Å². The van der Waals surface area contributed by atoms with E-state index < -0.39 is 39.0 Å². The minimum Gasteiger partial charge on any atom is -0.458 e. The number of ether oxygens (including phenoxy) is 2. The van der Waals surface area contributed by atoms with Crippen LogP contribution >= 0.6 is 0 Å². The Kier molecular flexibility index (Phi) is 5.86. The Hall–Kier alpha value is -2.55. The number of halogens is 1. The maximum Gasteiger partial charge on any atom is 0.312 e. The number of nitrogens with two attached hydrogens (primary N) is 1. The van der Waals surface area contributed by atoms with E-state index in [4.69, 9.17) is 26.1 Å². The van der Waals surface area contributed by atoms with Crippen LogP contribution in [-0.4, -0.2) is 52.8 Å². The lowest BCUT2D eigenvalue weighted by molar-refractivity contribution is -0.155. The fourth-order valence-corrected chi connectivity index (χ4v) is 3.97. The summed E-state index contributed by atoms with van der Waals surface area (Å²) >= 11 is 0. The predicted octanol–water partition coefficient (Wildman–Crippen LogP) is 2.21. The van der Waals surface area contributed by atoms with Crippen molar-refractivity contribution in [3.63, 3.8) is 0 Å². The maximum atomic E-state index is 13.7. The van der Waals surface area contributed by atoms with Crippen LogP contribution in [0.15, 0.2) is 6.33 Å². The van der Waals surface area contributed by atoms with Crippen molar-refractivity contribution in [1.82, 2.24) is 19.5 Å². The first-order chi connectivity index (χ1) is 14.0. The fraction of sp³-hybridized carbons (Fsp3) is 0.579. The van der Waals surface area contributed by atoms with E-state index in [1.54, 1.807) is 0 Å². The minimum atomic E-state index is -1.30. The van der Waals surface area contributed by atoms with Crippen LogP contribution in [0, 0.1) is 18.4 Å². The summed E-state index contributed by atoms with van der Waals surface area (Å²) in [6.07, 6.45) is 5.02. The third-order valence-corrected chi connectivity index (χ3v) is 7.82. The molecule has 0 amide bonds. The van der Waals surface area contributed by atoms with Crippen LogP contribution in [0.1, 0.15) is 40.3 Å². The topological polar surface area (TPSA) is 114 Å². The second-order valence-electron chi connectivity index (χ2n) is 8.24. The second kappa shape index (κ2) is 7.94. The van der Waals surface area contributed by atoms with Crippen LogP contribution in [0.2, 0.25) is 11.6 Å². The number of carbonyl (C=O) groups excluding carboxylic acids is 1. The number of rotatable bonds is 5. The van der Waals surface area contributed by atoms with Crippen molar-refractivity contribution in [1.29, 1.82) is 0 Å². The monoisotopic (exact) mass is 434 g/mol. The molecule has 0 bridgehead atoms. The molecule has 0 aromatic carbocycles. The van der Waals surface area contributed by atoms with Crippen molar-refractivity contribution < 1.29 is 23.1 Å². The second-order valence-corrected chi connectivity index (χ2v) is 11.1. The highest BCUT2D eigenvalue weighted by Crippen LogP contribution is 2.41. The third-order valence-electron chi connectivity index (χ3n) is 5.13. The highest BCUT2D eigenvalue weighted by atomic mass is 28.3. The number of nitrogen functional groups attached to an aromatic ring is 1. The van der Waals surface area contributed by atoms with Gasteiger partial charge in [-0.1, -0.05) is 26.7 Å². The first-order valence-electron chi connectivity index (χ1n) is 9.42. The predicted molar refractivity (Wildman–Crippen MR) is 109 cm³/mol. The van der Waals surface area contributed by atoms with E-state index in [1.807, 2.05) is 6.55 Å². The van der Waals surface area contributed by atoms with E-state index in [0.29, 0.717) is 0 Å². The molecule has 0 unspecified atom stereocenters. The molecule has 11 heteroatoms. The molecule has 1 fully saturated rings. The standard InChI is InChI=1S/C19H25FN5O4Si/c1-7-19(9-27-30(6)18(3,4)5)12(28-11(2)26)8-13(29-19)25-10-22-14-15(21)23-17(20)24-16(14)25/h1,10,12-13H,8-9H2,2-6H3,(H2,21,23,24)/t12-,13-,19-/m1/s1. The van der Waals surface area contributed by atoms with Crippen LogP contribution in [-0.2, 0) is 18.7 Å². The Bertz CT molecular complexity index is 1000. The van der Waals surface area contributed by atoms with Crippen molar-refractivity contribution >= 4 is 32.0 Å². The van der Waals surface area contributed by atoms with Crippen LogP contribution < -0.4 is 5.73 Å². The van der Waals surface area contributed by atoms with E-state index in [0.717, 1.165) is 0 Å². The Balaban J connectivity index is 1.94. The van der Waals surface area contributed by atoms with Gasteiger partial charge in [0.15, 0.2) is 22.6 Å². The molecular weight excluding hydrogens is 409 g/mol. The number of aromatic nitrogens is 4. The summed E-state index contributed by atoms with van der Waals surface area (Å²) in [5, 5.41) is -0.0259. The van der Waals surface area contributed by atoms with Crippen LogP contribution in [0.3, 0.4) is 0 Å². The number of esters is 1. The Morgan fingerprint density at radius 1 is 1.53 bits per heavy atom. The smallest absolute Gasteiger partial charge is 0.312 e. The summed E-state index contributed by atoms with van der Waals surface area (Å²) in [5.41, 5.74) is 4.84. The number of fused-ring (bicyclic) bond motifs is 1. The molecule has 161 valence electrons. The van der Waals surface area contributed by atoms with Gasteiger partial charge in [-0.05, 0) is 11.6 Å². The Labute approximate surface area is 175 Å². The summed E-state index contributed by atoms with van der Waals surface area (Å²) < 4.78 is 33.0. The maximum absolute atomic E-state index is 13.7. The van der Waals surface area contributed by atoms with Crippen molar-refractivity contribution in [2.75, 3.05) is 12.3 Å². The number of terminal acetylenes is 1. The lowest BCUT2D eigenvalue weighted by Gasteiger charge is -2.32. The minimum absolute atomic E-state index is 0.0259. The quantitative estimate of drug-likeness (QED) is 0.330. The van der Waals surface area contributed by atoms with E-state index in [2.05, 4.69) is 41.6 Å². The van der Waals surface area contributed by atoms with E-state index in [-0.39, 0.29) is 35.0 Å². The molecule has 1 saturated heterocycles. The number of anilines is 1. The molecule has 1 radical (unpaired) electrons. The zero-order chi connectivity index (χ0) is 22.3. The van der Waals surface area contributed by atoms with Gasteiger partial charge in [0.05, 0.1) is 12.9 Å². The summed E-state index contributed by atoms with van der Waals surface area (Å²) in [7, 11) is -1.23. The molecular formula is C19H25FN5O4Si.